The van der Waals surface area contributed by atoms with E-state index in [0.717, 1.165) is 6.42 Å². The van der Waals surface area contributed by atoms with Crippen molar-refractivity contribution in [2.45, 2.75) is 6.42 Å². The number of nitrogens with zero attached hydrogens (tertiary/aromatic N) is 2. The van der Waals surface area contributed by atoms with Gasteiger partial charge in [-0.1, -0.05) is 6.07 Å². The Labute approximate surface area is 134 Å². The summed E-state index contributed by atoms with van der Waals surface area (Å²) in [6, 6.07) is 3.43. The molecule has 1 heterocycles. The van der Waals surface area contributed by atoms with Crippen molar-refractivity contribution in [2.75, 3.05) is 40.8 Å². The van der Waals surface area contributed by atoms with Crippen LogP contribution in [0, 0.1) is 0 Å². The number of urea groups is 1. The van der Waals surface area contributed by atoms with Gasteiger partial charge in [0, 0.05) is 25.5 Å². The number of carbonyl (C=O) groups excluding carboxylic acids is 3. The summed E-state index contributed by atoms with van der Waals surface area (Å²) in [5.41, 5.74) is 0. The smallest absolute Gasteiger partial charge is 0.321 e. The van der Waals surface area contributed by atoms with E-state index in [1.54, 1.807) is 37.4 Å². The van der Waals surface area contributed by atoms with Crippen molar-refractivity contribution in [3.05, 3.63) is 22.4 Å². The van der Waals surface area contributed by atoms with E-state index in [1.807, 2.05) is 17.5 Å². The van der Waals surface area contributed by atoms with Gasteiger partial charge >= 0.3 is 6.03 Å². The Morgan fingerprint density at radius 2 is 1.91 bits per heavy atom. The van der Waals surface area contributed by atoms with Gasteiger partial charge in [0.2, 0.25) is 11.8 Å². The van der Waals surface area contributed by atoms with E-state index in [0.29, 0.717) is 6.54 Å². The highest BCUT2D eigenvalue weighted by molar-refractivity contribution is 7.09. The van der Waals surface area contributed by atoms with Crippen molar-refractivity contribution in [3.63, 3.8) is 0 Å². The van der Waals surface area contributed by atoms with Gasteiger partial charge in [-0.2, -0.15) is 0 Å². The molecule has 122 valence electrons. The van der Waals surface area contributed by atoms with Crippen LogP contribution in [0.2, 0.25) is 0 Å². The minimum absolute atomic E-state index is 0.0159. The Balaban J connectivity index is 2.20. The van der Waals surface area contributed by atoms with Crippen molar-refractivity contribution < 1.29 is 14.4 Å². The Bertz CT molecular complexity index is 502. The molecule has 22 heavy (non-hydrogen) atoms. The molecule has 4 amide bonds. The van der Waals surface area contributed by atoms with Crippen LogP contribution in [0.15, 0.2) is 17.5 Å². The molecule has 8 heteroatoms. The summed E-state index contributed by atoms with van der Waals surface area (Å²) in [4.78, 5) is 38.9. The fourth-order valence-electron chi connectivity index (χ4n) is 1.64. The Hall–Kier alpha value is -1.93. The van der Waals surface area contributed by atoms with Gasteiger partial charge in [-0.3, -0.25) is 19.8 Å². The van der Waals surface area contributed by atoms with E-state index in [1.165, 1.54) is 9.78 Å². The first-order valence-electron chi connectivity index (χ1n) is 6.87. The zero-order valence-corrected chi connectivity index (χ0v) is 13.9. The quantitative estimate of drug-likeness (QED) is 0.747. The van der Waals surface area contributed by atoms with Crippen molar-refractivity contribution >= 4 is 29.2 Å². The highest BCUT2D eigenvalue weighted by atomic mass is 32.1. The number of nitrogens with one attached hydrogen (secondary N) is 2. The normalized spacial score (nSPS) is 10.4. The number of thiophene rings is 1. The average molecular weight is 326 g/mol. The van der Waals surface area contributed by atoms with Crippen LogP contribution < -0.4 is 10.6 Å². The number of likely N-dealkylation sites (N-methyl/N-ethyl adjacent to an activating group) is 2. The van der Waals surface area contributed by atoms with Crippen LogP contribution in [0.25, 0.3) is 0 Å². The second-order valence-electron chi connectivity index (χ2n) is 5.09. The summed E-state index contributed by atoms with van der Waals surface area (Å²) in [6.07, 6.45) is 0.733. The lowest BCUT2D eigenvalue weighted by Gasteiger charge is -2.18. The molecule has 0 fully saturated rings. The van der Waals surface area contributed by atoms with E-state index >= 15 is 0 Å². The molecule has 0 atom stereocenters. The molecule has 0 unspecified atom stereocenters. The van der Waals surface area contributed by atoms with Crippen LogP contribution in [0.1, 0.15) is 4.88 Å². The number of amides is 4. The average Bonchev–Trinajstić information content (AvgIpc) is 2.91. The maximum absolute atomic E-state index is 11.7. The van der Waals surface area contributed by atoms with E-state index in [4.69, 9.17) is 0 Å². The third kappa shape index (κ3) is 7.19. The molecular weight excluding hydrogens is 304 g/mol. The Morgan fingerprint density at radius 1 is 1.18 bits per heavy atom. The van der Waals surface area contributed by atoms with Gasteiger partial charge < -0.3 is 10.2 Å². The first-order valence-corrected chi connectivity index (χ1v) is 7.75. The first kappa shape index (κ1) is 18.1. The van der Waals surface area contributed by atoms with Crippen LogP contribution >= 0.6 is 11.3 Å². The molecule has 0 radical (unpaired) electrons. The number of imide groups is 1. The van der Waals surface area contributed by atoms with Gasteiger partial charge in [0.1, 0.15) is 0 Å². The largest absolute Gasteiger partial charge is 0.348 e. The molecule has 0 aliphatic rings. The van der Waals surface area contributed by atoms with Crippen molar-refractivity contribution in [1.29, 1.82) is 0 Å². The maximum Gasteiger partial charge on any atom is 0.321 e. The Morgan fingerprint density at radius 3 is 2.50 bits per heavy atom. The molecule has 0 saturated heterocycles. The standard InChI is InChI=1S/C14H22N4O3S/c1-17(2)13(20)10-18(3)9-12(19)16-14(21)15-7-6-11-5-4-8-22-11/h4-5,8H,6-7,9-10H2,1-3H3,(H2,15,16,19,21). The summed E-state index contributed by atoms with van der Waals surface area (Å²) >= 11 is 1.62. The molecule has 7 nitrogen and oxygen atoms in total. The van der Waals surface area contributed by atoms with Crippen molar-refractivity contribution in [2.24, 2.45) is 0 Å². The number of hydrogen-bond donors (Lipinski definition) is 2. The predicted molar refractivity (Wildman–Crippen MR) is 85.8 cm³/mol. The van der Waals surface area contributed by atoms with Crippen LogP contribution in [0.5, 0.6) is 0 Å². The van der Waals surface area contributed by atoms with Crippen molar-refractivity contribution in [1.82, 2.24) is 20.4 Å². The van der Waals surface area contributed by atoms with Gasteiger partial charge in [-0.25, -0.2) is 4.79 Å². The van der Waals surface area contributed by atoms with Gasteiger partial charge in [0.25, 0.3) is 0 Å². The highest BCUT2D eigenvalue weighted by Crippen LogP contribution is 2.07. The van der Waals surface area contributed by atoms with Gasteiger partial charge in [-0.05, 0) is 24.9 Å². The molecule has 1 aromatic rings. The van der Waals surface area contributed by atoms with E-state index in [2.05, 4.69) is 10.6 Å². The second-order valence-corrected chi connectivity index (χ2v) is 6.13. The molecule has 0 saturated carbocycles. The zero-order valence-electron chi connectivity index (χ0n) is 13.1. The molecule has 0 spiro atoms. The summed E-state index contributed by atoms with van der Waals surface area (Å²) < 4.78 is 0. The summed E-state index contributed by atoms with van der Waals surface area (Å²) in [6.45, 7) is 0.576. The third-order valence-electron chi connectivity index (χ3n) is 2.81. The topological polar surface area (TPSA) is 81.8 Å². The Kier molecular flexibility index (Phi) is 7.55. The zero-order chi connectivity index (χ0) is 16.5. The molecule has 0 aliphatic carbocycles. The van der Waals surface area contributed by atoms with Gasteiger partial charge in [0.05, 0.1) is 13.1 Å². The van der Waals surface area contributed by atoms with Crippen LogP contribution in [-0.4, -0.2) is 68.4 Å². The van der Waals surface area contributed by atoms with Crippen LogP contribution in [0.3, 0.4) is 0 Å². The molecular formula is C14H22N4O3S. The lowest BCUT2D eigenvalue weighted by Crippen LogP contribution is -2.45. The number of carbonyl (C=O) groups is 3. The minimum Gasteiger partial charge on any atom is -0.348 e. The van der Waals surface area contributed by atoms with E-state index < -0.39 is 11.9 Å². The van der Waals surface area contributed by atoms with Crippen LogP contribution in [0.4, 0.5) is 4.79 Å². The predicted octanol–water partition coefficient (Wildman–Crippen LogP) is 0.136. The molecule has 2 N–H and O–H groups in total. The van der Waals surface area contributed by atoms with Crippen molar-refractivity contribution in [3.8, 4) is 0 Å². The lowest BCUT2D eigenvalue weighted by molar-refractivity contribution is -0.130. The maximum atomic E-state index is 11.7. The summed E-state index contributed by atoms with van der Waals surface area (Å²) in [5, 5.41) is 6.84. The highest BCUT2D eigenvalue weighted by Gasteiger charge is 2.13. The minimum atomic E-state index is -0.520. The van der Waals surface area contributed by atoms with E-state index in [-0.39, 0.29) is 19.0 Å². The molecule has 0 bridgehead atoms. The van der Waals surface area contributed by atoms with Gasteiger partial charge in [0.15, 0.2) is 0 Å². The molecule has 0 aromatic carbocycles. The third-order valence-corrected chi connectivity index (χ3v) is 3.74. The number of hydrogen-bond acceptors (Lipinski definition) is 5. The molecule has 1 aromatic heterocycles. The summed E-state index contributed by atoms with van der Waals surface area (Å²) in [7, 11) is 4.95. The number of rotatable bonds is 7. The lowest BCUT2D eigenvalue weighted by atomic mass is 10.3. The van der Waals surface area contributed by atoms with Gasteiger partial charge in [-0.15, -0.1) is 11.3 Å². The SMILES string of the molecule is CN(CC(=O)NC(=O)NCCc1cccs1)CC(=O)N(C)C. The van der Waals surface area contributed by atoms with Crippen LogP contribution in [-0.2, 0) is 16.0 Å². The fourth-order valence-corrected chi connectivity index (χ4v) is 2.35. The second kappa shape index (κ2) is 9.16. The fraction of sp³-hybridized carbons (Fsp3) is 0.500. The molecule has 0 aliphatic heterocycles. The summed E-state index contributed by atoms with van der Waals surface area (Å²) in [5.74, 6) is -0.543. The molecule has 1 rings (SSSR count). The van der Waals surface area contributed by atoms with E-state index in [9.17, 15) is 14.4 Å². The monoisotopic (exact) mass is 326 g/mol. The first-order chi connectivity index (χ1) is 10.4.